The van der Waals surface area contributed by atoms with Crippen LogP contribution in [0.1, 0.15) is 79.6 Å². The predicted octanol–water partition coefficient (Wildman–Crippen LogP) is 4.84. The van der Waals surface area contributed by atoms with E-state index in [1.54, 1.807) is 6.92 Å². The number of aliphatic hydroxyl groups excluding tert-OH is 2. The second-order valence-corrected chi connectivity index (χ2v) is 11.4. The Hall–Kier alpha value is -1.20. The molecule has 3 saturated carbocycles. The number of aliphatic hydroxyl groups is 4. The monoisotopic (exact) mass is 444 g/mol. The standard InChI is InChI=1S/C28H44O4/c1-18(2)19(3)11-14-27(6,31)28(32)15-12-24-21(8-7-13-26(24,28)5)9-10-22-16-23(29)17-25(30)20(22)4/h9-11,14,18-19,23-25,29-32H,4,7-8,12-13,15-17H2,1-3,5-6H3/b14-11+,21-9+,22-10+/t19-,23+,24?,25-,26-,27-,28+/m0/s1. The molecule has 180 valence electrons. The lowest BCUT2D eigenvalue weighted by molar-refractivity contribution is -0.179. The average molecular weight is 445 g/mol. The van der Waals surface area contributed by atoms with Crippen LogP contribution in [-0.4, -0.2) is 43.8 Å². The van der Waals surface area contributed by atoms with E-state index in [9.17, 15) is 20.4 Å². The topological polar surface area (TPSA) is 80.9 Å². The zero-order chi connectivity index (χ0) is 23.9. The van der Waals surface area contributed by atoms with Crippen molar-refractivity contribution in [3.05, 3.63) is 47.6 Å². The molecule has 0 aromatic heterocycles. The van der Waals surface area contributed by atoms with Crippen LogP contribution in [0.15, 0.2) is 47.6 Å². The molecule has 1 unspecified atom stereocenters. The molecule has 0 aromatic carbocycles. The largest absolute Gasteiger partial charge is 0.393 e. The van der Waals surface area contributed by atoms with E-state index in [0.29, 0.717) is 36.7 Å². The van der Waals surface area contributed by atoms with E-state index in [0.717, 1.165) is 31.3 Å². The third-order valence-corrected chi connectivity index (χ3v) is 9.00. The summed E-state index contributed by atoms with van der Waals surface area (Å²) < 4.78 is 0. The summed E-state index contributed by atoms with van der Waals surface area (Å²) in [5.41, 5.74) is -0.00651. The van der Waals surface area contributed by atoms with Crippen LogP contribution in [-0.2, 0) is 0 Å². The lowest BCUT2D eigenvalue weighted by Gasteiger charge is -2.52. The van der Waals surface area contributed by atoms with Crippen LogP contribution in [0.5, 0.6) is 0 Å². The average Bonchev–Trinajstić information content (AvgIpc) is 3.00. The van der Waals surface area contributed by atoms with E-state index >= 15 is 0 Å². The first kappa shape index (κ1) is 25.4. The smallest absolute Gasteiger partial charge is 0.109 e. The van der Waals surface area contributed by atoms with E-state index in [-0.39, 0.29) is 5.92 Å². The number of rotatable bonds is 5. The molecule has 0 aliphatic heterocycles. The molecule has 3 aliphatic rings. The normalized spacial score (nSPS) is 41.4. The van der Waals surface area contributed by atoms with Crippen molar-refractivity contribution in [1.29, 1.82) is 0 Å². The Morgan fingerprint density at radius 1 is 1.16 bits per heavy atom. The molecule has 3 aliphatic carbocycles. The lowest BCUT2D eigenvalue weighted by Crippen LogP contribution is -2.60. The van der Waals surface area contributed by atoms with Crippen molar-refractivity contribution in [2.24, 2.45) is 23.2 Å². The first-order valence-electron chi connectivity index (χ1n) is 12.4. The van der Waals surface area contributed by atoms with E-state index in [1.807, 2.05) is 12.2 Å². The highest BCUT2D eigenvalue weighted by atomic mass is 16.4. The Bertz CT molecular complexity index is 804. The van der Waals surface area contributed by atoms with Gasteiger partial charge in [0.05, 0.1) is 12.2 Å². The minimum Gasteiger partial charge on any atom is -0.393 e. The third-order valence-electron chi connectivity index (χ3n) is 9.00. The second kappa shape index (κ2) is 9.21. The van der Waals surface area contributed by atoms with E-state index < -0.39 is 28.8 Å². The van der Waals surface area contributed by atoms with Crippen molar-refractivity contribution in [3.8, 4) is 0 Å². The molecule has 0 bridgehead atoms. The van der Waals surface area contributed by atoms with Gasteiger partial charge in [-0.2, -0.15) is 0 Å². The van der Waals surface area contributed by atoms with Gasteiger partial charge >= 0.3 is 0 Å². The minimum absolute atomic E-state index is 0.201. The van der Waals surface area contributed by atoms with Crippen molar-refractivity contribution in [2.45, 2.75) is 103 Å². The van der Waals surface area contributed by atoms with Gasteiger partial charge in [0, 0.05) is 11.8 Å². The van der Waals surface area contributed by atoms with Crippen LogP contribution in [0.3, 0.4) is 0 Å². The summed E-state index contributed by atoms with van der Waals surface area (Å²) in [4.78, 5) is 0. The van der Waals surface area contributed by atoms with Gasteiger partial charge in [-0.3, -0.25) is 0 Å². The van der Waals surface area contributed by atoms with Crippen LogP contribution >= 0.6 is 0 Å². The molecule has 0 aromatic rings. The molecule has 0 heterocycles. The Balaban J connectivity index is 1.88. The molecule has 32 heavy (non-hydrogen) atoms. The molecule has 3 rings (SSSR count). The molecule has 0 saturated heterocycles. The maximum atomic E-state index is 11.9. The van der Waals surface area contributed by atoms with Gasteiger partial charge in [0.1, 0.15) is 11.2 Å². The molecular formula is C28H44O4. The lowest BCUT2D eigenvalue weighted by atomic mass is 9.57. The molecule has 4 N–H and O–H groups in total. The quantitative estimate of drug-likeness (QED) is 0.457. The van der Waals surface area contributed by atoms with E-state index in [1.165, 1.54) is 5.57 Å². The Morgan fingerprint density at radius 2 is 1.84 bits per heavy atom. The maximum absolute atomic E-state index is 11.9. The molecule has 0 radical (unpaired) electrons. The zero-order valence-electron chi connectivity index (χ0n) is 20.6. The summed E-state index contributed by atoms with van der Waals surface area (Å²) in [5.74, 6) is 1.01. The highest BCUT2D eigenvalue weighted by Gasteiger charge is 2.64. The Morgan fingerprint density at radius 3 is 2.50 bits per heavy atom. The zero-order valence-corrected chi connectivity index (χ0v) is 20.6. The molecule has 3 fully saturated rings. The van der Waals surface area contributed by atoms with Crippen LogP contribution in [0.4, 0.5) is 0 Å². The number of allylic oxidation sites excluding steroid dienone is 4. The summed E-state index contributed by atoms with van der Waals surface area (Å²) in [6.07, 6.45) is 11.9. The first-order valence-corrected chi connectivity index (χ1v) is 12.4. The van der Waals surface area contributed by atoms with Gasteiger partial charge in [-0.05, 0) is 74.3 Å². The van der Waals surface area contributed by atoms with Crippen LogP contribution in [0.25, 0.3) is 0 Å². The van der Waals surface area contributed by atoms with Gasteiger partial charge in [0.25, 0.3) is 0 Å². The third kappa shape index (κ3) is 4.44. The van der Waals surface area contributed by atoms with Crippen molar-refractivity contribution in [2.75, 3.05) is 0 Å². The van der Waals surface area contributed by atoms with Crippen LogP contribution in [0.2, 0.25) is 0 Å². The Kier molecular flexibility index (Phi) is 7.32. The predicted molar refractivity (Wildman–Crippen MR) is 130 cm³/mol. The number of fused-ring (bicyclic) bond motifs is 1. The van der Waals surface area contributed by atoms with Crippen LogP contribution < -0.4 is 0 Å². The molecular weight excluding hydrogens is 400 g/mol. The maximum Gasteiger partial charge on any atom is 0.109 e. The fourth-order valence-corrected chi connectivity index (χ4v) is 6.25. The first-order chi connectivity index (χ1) is 14.8. The van der Waals surface area contributed by atoms with Gasteiger partial charge in [-0.1, -0.05) is 64.2 Å². The summed E-state index contributed by atoms with van der Waals surface area (Å²) in [6.45, 7) is 14.4. The molecule has 0 spiro atoms. The highest BCUT2D eigenvalue weighted by molar-refractivity contribution is 5.39. The van der Waals surface area contributed by atoms with E-state index in [2.05, 4.69) is 46.4 Å². The summed E-state index contributed by atoms with van der Waals surface area (Å²) >= 11 is 0. The number of hydrogen-bond acceptors (Lipinski definition) is 4. The van der Waals surface area contributed by atoms with Gasteiger partial charge in [0.2, 0.25) is 0 Å². The van der Waals surface area contributed by atoms with Crippen molar-refractivity contribution >= 4 is 0 Å². The van der Waals surface area contributed by atoms with E-state index in [4.69, 9.17) is 0 Å². The fourth-order valence-electron chi connectivity index (χ4n) is 6.25. The molecule has 4 heteroatoms. The second-order valence-electron chi connectivity index (χ2n) is 11.4. The number of hydrogen-bond donors (Lipinski definition) is 4. The molecule has 4 nitrogen and oxygen atoms in total. The summed E-state index contributed by atoms with van der Waals surface area (Å²) in [6, 6.07) is 0. The van der Waals surface area contributed by atoms with Gasteiger partial charge < -0.3 is 20.4 Å². The van der Waals surface area contributed by atoms with Gasteiger partial charge in [0.15, 0.2) is 0 Å². The van der Waals surface area contributed by atoms with Crippen LogP contribution in [0, 0.1) is 23.2 Å². The molecule has 0 amide bonds. The molecule has 7 atom stereocenters. The Labute approximate surface area is 194 Å². The van der Waals surface area contributed by atoms with Gasteiger partial charge in [-0.25, -0.2) is 0 Å². The fraction of sp³-hybridized carbons (Fsp3) is 0.714. The summed E-state index contributed by atoms with van der Waals surface area (Å²) in [5, 5.41) is 43.6. The highest BCUT2D eigenvalue weighted by Crippen LogP contribution is 2.62. The summed E-state index contributed by atoms with van der Waals surface area (Å²) in [7, 11) is 0. The minimum atomic E-state index is -1.30. The van der Waals surface area contributed by atoms with Crippen molar-refractivity contribution < 1.29 is 20.4 Å². The van der Waals surface area contributed by atoms with Crippen molar-refractivity contribution in [3.63, 3.8) is 0 Å². The SMILES string of the molecule is C=C1/C(=C/C=C2\CCC[C@@]3(C)C2CC[C@]3(O)[C@@](C)(O)/C=C/[C@H](C)C(C)C)C[C@@H](O)C[C@@H]1O. The van der Waals surface area contributed by atoms with Crippen molar-refractivity contribution in [1.82, 2.24) is 0 Å². The van der Waals surface area contributed by atoms with Gasteiger partial charge in [-0.15, -0.1) is 0 Å².